The molecule has 0 fully saturated rings. The van der Waals surface area contributed by atoms with Crippen LogP contribution in [0.2, 0.25) is 0 Å². The highest BCUT2D eigenvalue weighted by Gasteiger charge is 2.16. The molecule has 0 amide bonds. The minimum Gasteiger partial charge on any atom is -0.468 e. The van der Waals surface area contributed by atoms with Crippen molar-refractivity contribution in [3.8, 4) is 0 Å². The van der Waals surface area contributed by atoms with E-state index in [0.717, 1.165) is 19.3 Å². The molecule has 0 aliphatic carbocycles. The van der Waals surface area contributed by atoms with Crippen LogP contribution < -0.4 is 0 Å². The number of rotatable bonds is 10. The van der Waals surface area contributed by atoms with Crippen molar-refractivity contribution in [1.29, 1.82) is 0 Å². The zero-order chi connectivity index (χ0) is 13.1. The third-order valence-corrected chi connectivity index (χ3v) is 7.21. The minimum atomic E-state index is -2.56. The first-order chi connectivity index (χ1) is 8.02. The van der Waals surface area contributed by atoms with E-state index in [0.29, 0.717) is 17.4 Å². The summed E-state index contributed by atoms with van der Waals surface area (Å²) in [6, 6.07) is 0. The van der Waals surface area contributed by atoms with Gasteiger partial charge in [-0.05, 0) is 6.42 Å². The van der Waals surface area contributed by atoms with Gasteiger partial charge in [0, 0.05) is 11.7 Å². The molecule has 102 valence electrons. The van der Waals surface area contributed by atoms with Crippen LogP contribution in [0.4, 0.5) is 0 Å². The molecular weight excluding hydrogens is 279 g/mol. The molecular formula is C10H21O4PS2. The van der Waals surface area contributed by atoms with E-state index in [1.807, 2.05) is 0 Å². The first-order valence-corrected chi connectivity index (χ1v) is 10.3. The molecule has 7 heteroatoms. The number of esters is 1. The Bertz CT molecular complexity index is 261. The molecule has 0 aromatic carbocycles. The third kappa shape index (κ3) is 11.2. The van der Waals surface area contributed by atoms with E-state index in [2.05, 4.69) is 11.7 Å². The molecule has 0 heterocycles. The van der Waals surface area contributed by atoms with Gasteiger partial charge < -0.3 is 9.26 Å². The van der Waals surface area contributed by atoms with Crippen molar-refractivity contribution in [2.45, 2.75) is 26.2 Å². The molecule has 0 spiro atoms. The molecule has 0 bridgehead atoms. The van der Waals surface area contributed by atoms with Crippen LogP contribution in [0, 0.1) is 0 Å². The minimum absolute atomic E-state index is 0.259. The largest absolute Gasteiger partial charge is 0.468 e. The highest BCUT2D eigenvalue weighted by Crippen LogP contribution is 2.57. The monoisotopic (exact) mass is 300 g/mol. The summed E-state index contributed by atoms with van der Waals surface area (Å²) in [5, 5.41) is 0.580. The summed E-state index contributed by atoms with van der Waals surface area (Å²) in [6.07, 6.45) is 3.17. The molecule has 0 radical (unpaired) electrons. The van der Waals surface area contributed by atoms with Crippen molar-refractivity contribution >= 4 is 35.7 Å². The average molecular weight is 300 g/mol. The number of methoxy groups -OCH3 is 1. The molecule has 4 nitrogen and oxygen atoms in total. The number of ether oxygens (including phenoxy) is 1. The van der Waals surface area contributed by atoms with Gasteiger partial charge in [-0.25, -0.2) is 0 Å². The summed E-state index contributed by atoms with van der Waals surface area (Å²) in [7, 11) is 1.36. The Morgan fingerprint density at radius 2 is 2.06 bits per heavy atom. The summed E-state index contributed by atoms with van der Waals surface area (Å²) < 4.78 is 21.8. The Morgan fingerprint density at radius 3 is 2.65 bits per heavy atom. The third-order valence-electron chi connectivity index (χ3n) is 1.89. The van der Waals surface area contributed by atoms with E-state index >= 15 is 0 Å². The second-order valence-electron chi connectivity index (χ2n) is 3.48. The number of carbonyl (C=O) groups is 1. The highest BCUT2D eigenvalue weighted by atomic mass is 32.7. The fourth-order valence-electron chi connectivity index (χ4n) is 0.937. The highest BCUT2D eigenvalue weighted by molar-refractivity contribution is 8.58. The van der Waals surface area contributed by atoms with Crippen LogP contribution in [0.5, 0.6) is 0 Å². The number of carbonyl (C=O) groups excluding carboxylic acids is 1. The van der Waals surface area contributed by atoms with E-state index in [1.165, 1.54) is 30.3 Å². The van der Waals surface area contributed by atoms with Crippen molar-refractivity contribution in [2.24, 2.45) is 0 Å². The van der Waals surface area contributed by atoms with Crippen LogP contribution in [0.1, 0.15) is 26.2 Å². The number of hydrogen-bond acceptors (Lipinski definition) is 6. The van der Waals surface area contributed by atoms with Crippen LogP contribution in [0.15, 0.2) is 0 Å². The predicted octanol–water partition coefficient (Wildman–Crippen LogP) is 3.61. The van der Waals surface area contributed by atoms with E-state index in [-0.39, 0.29) is 5.97 Å². The lowest BCUT2D eigenvalue weighted by Gasteiger charge is -2.12. The van der Waals surface area contributed by atoms with Crippen molar-refractivity contribution in [3.05, 3.63) is 0 Å². The van der Waals surface area contributed by atoms with E-state index in [1.54, 1.807) is 6.66 Å². The van der Waals surface area contributed by atoms with Gasteiger partial charge in [-0.3, -0.25) is 9.36 Å². The van der Waals surface area contributed by atoms with Crippen LogP contribution in [-0.4, -0.2) is 37.2 Å². The van der Waals surface area contributed by atoms with Gasteiger partial charge in [0.25, 0.3) is 6.57 Å². The maximum atomic E-state index is 11.9. The SMILES string of the molecule is CCCCCOP(C)(=O)SCSCC(=O)OC. The topological polar surface area (TPSA) is 52.6 Å². The lowest BCUT2D eigenvalue weighted by Crippen LogP contribution is -2.03. The number of unbranched alkanes of at least 4 members (excludes halogenated alkanes) is 2. The van der Waals surface area contributed by atoms with Gasteiger partial charge in [-0.15, -0.1) is 11.8 Å². The molecule has 1 unspecified atom stereocenters. The first kappa shape index (κ1) is 17.4. The molecule has 0 N–H and O–H groups in total. The van der Waals surface area contributed by atoms with Crippen molar-refractivity contribution in [3.63, 3.8) is 0 Å². The Kier molecular flexibility index (Phi) is 10.5. The maximum absolute atomic E-state index is 11.9. The van der Waals surface area contributed by atoms with Gasteiger partial charge in [0.05, 0.1) is 19.5 Å². The second kappa shape index (κ2) is 10.3. The van der Waals surface area contributed by atoms with Crippen LogP contribution in [-0.2, 0) is 18.6 Å². The molecule has 1 atom stereocenters. The summed E-state index contributed by atoms with van der Waals surface area (Å²) in [5.74, 6) is 0.0321. The van der Waals surface area contributed by atoms with Gasteiger partial charge in [0.15, 0.2) is 0 Å². The molecule has 0 saturated heterocycles. The summed E-state index contributed by atoms with van der Waals surface area (Å²) >= 11 is 2.67. The fraction of sp³-hybridized carbons (Fsp3) is 0.900. The Labute approximate surface area is 112 Å². The van der Waals surface area contributed by atoms with E-state index < -0.39 is 6.57 Å². The lowest BCUT2D eigenvalue weighted by atomic mass is 10.3. The van der Waals surface area contributed by atoms with Gasteiger partial charge in [0.1, 0.15) is 0 Å². The van der Waals surface area contributed by atoms with Gasteiger partial charge >= 0.3 is 5.97 Å². The standard InChI is InChI=1S/C10H21O4PS2/c1-4-5-6-7-14-15(3,12)17-9-16-8-10(11)13-2/h4-9H2,1-3H3. The Balaban J connectivity index is 3.56. The van der Waals surface area contributed by atoms with Crippen molar-refractivity contribution < 1.29 is 18.6 Å². The van der Waals surface area contributed by atoms with Crippen LogP contribution in [0.3, 0.4) is 0 Å². The summed E-state index contributed by atoms with van der Waals surface area (Å²) in [6.45, 7) is 1.74. The zero-order valence-corrected chi connectivity index (χ0v) is 13.2. The molecule has 0 rings (SSSR count). The van der Waals surface area contributed by atoms with Crippen LogP contribution in [0.25, 0.3) is 0 Å². The molecule has 0 aromatic heterocycles. The van der Waals surface area contributed by atoms with Gasteiger partial charge in [-0.1, -0.05) is 31.1 Å². The molecule has 17 heavy (non-hydrogen) atoms. The second-order valence-corrected chi connectivity index (χ2v) is 9.95. The smallest absolute Gasteiger partial charge is 0.315 e. The Morgan fingerprint density at radius 1 is 1.35 bits per heavy atom. The van der Waals surface area contributed by atoms with Crippen molar-refractivity contribution in [1.82, 2.24) is 0 Å². The maximum Gasteiger partial charge on any atom is 0.315 e. The van der Waals surface area contributed by atoms with Crippen LogP contribution >= 0.6 is 29.7 Å². The molecule has 0 aliphatic heterocycles. The molecule has 0 aliphatic rings. The van der Waals surface area contributed by atoms with E-state index in [4.69, 9.17) is 4.52 Å². The van der Waals surface area contributed by atoms with Gasteiger partial charge in [-0.2, -0.15) is 0 Å². The fourth-order valence-corrected chi connectivity index (χ4v) is 6.00. The lowest BCUT2D eigenvalue weighted by molar-refractivity contribution is -0.137. The Hall–Kier alpha value is 0.360. The number of hydrogen-bond donors (Lipinski definition) is 0. The quantitative estimate of drug-likeness (QED) is 0.266. The summed E-state index contributed by atoms with van der Waals surface area (Å²) in [4.78, 5) is 10.8. The average Bonchev–Trinajstić information content (AvgIpc) is 2.30. The molecule has 0 aromatic rings. The van der Waals surface area contributed by atoms with Crippen molar-refractivity contribution in [2.75, 3.05) is 31.2 Å². The normalized spacial score (nSPS) is 14.3. The van der Waals surface area contributed by atoms with Gasteiger partial charge in [0.2, 0.25) is 0 Å². The number of thioether (sulfide) groups is 1. The first-order valence-electron chi connectivity index (χ1n) is 5.53. The predicted molar refractivity (Wildman–Crippen MR) is 75.9 cm³/mol. The zero-order valence-electron chi connectivity index (χ0n) is 10.6. The summed E-state index contributed by atoms with van der Waals surface area (Å²) in [5.41, 5.74) is 0. The van der Waals surface area contributed by atoms with E-state index in [9.17, 15) is 9.36 Å². The molecule has 0 saturated carbocycles.